The molecular weight excluding hydrogens is 389 g/mol. The number of methoxy groups -OCH3 is 1. The third-order valence-corrected chi connectivity index (χ3v) is 3.96. The van der Waals surface area contributed by atoms with Gasteiger partial charge >= 0.3 is 0 Å². The fourth-order valence-electron chi connectivity index (χ4n) is 1.72. The van der Waals surface area contributed by atoms with Crippen LogP contribution in [0.1, 0.15) is 5.56 Å². The number of anilines is 1. The predicted molar refractivity (Wildman–Crippen MR) is 94.8 cm³/mol. The molecule has 0 spiro atoms. The lowest BCUT2D eigenvalue weighted by atomic mass is 10.2. The highest BCUT2D eigenvalue weighted by atomic mass is 79.9. The number of amides is 1. The molecule has 0 unspecified atom stereocenters. The van der Waals surface area contributed by atoms with Crippen molar-refractivity contribution in [3.8, 4) is 5.75 Å². The van der Waals surface area contributed by atoms with Crippen LogP contribution in [-0.4, -0.2) is 13.0 Å². The Morgan fingerprint density at radius 3 is 2.64 bits per heavy atom. The molecular formula is C16H12BrCl2NO2. The molecule has 0 aliphatic rings. The van der Waals surface area contributed by atoms with Crippen molar-refractivity contribution in [1.29, 1.82) is 0 Å². The van der Waals surface area contributed by atoms with Gasteiger partial charge < -0.3 is 10.1 Å². The van der Waals surface area contributed by atoms with Crippen LogP contribution in [0.5, 0.6) is 5.75 Å². The Morgan fingerprint density at radius 2 is 2.00 bits per heavy atom. The Balaban J connectivity index is 2.06. The Labute approximate surface area is 147 Å². The summed E-state index contributed by atoms with van der Waals surface area (Å²) >= 11 is 15.2. The Bertz CT molecular complexity index is 732. The van der Waals surface area contributed by atoms with E-state index in [-0.39, 0.29) is 5.91 Å². The molecule has 0 aliphatic carbocycles. The van der Waals surface area contributed by atoms with E-state index >= 15 is 0 Å². The number of benzene rings is 2. The zero-order valence-electron chi connectivity index (χ0n) is 11.6. The molecule has 1 amide bonds. The highest BCUT2D eigenvalue weighted by Crippen LogP contribution is 2.27. The van der Waals surface area contributed by atoms with Crippen LogP contribution < -0.4 is 10.1 Å². The lowest BCUT2D eigenvalue weighted by Gasteiger charge is -2.05. The fourth-order valence-corrected chi connectivity index (χ4v) is 2.74. The molecule has 0 atom stereocenters. The first-order valence-electron chi connectivity index (χ1n) is 6.27. The molecule has 1 N–H and O–H groups in total. The van der Waals surface area contributed by atoms with Crippen LogP contribution in [0.2, 0.25) is 10.0 Å². The van der Waals surface area contributed by atoms with Gasteiger partial charge in [-0.15, -0.1) is 0 Å². The number of carbonyl (C=O) groups excluding carboxylic acids is 1. The maximum Gasteiger partial charge on any atom is 0.248 e. The van der Waals surface area contributed by atoms with E-state index < -0.39 is 0 Å². The van der Waals surface area contributed by atoms with Crippen molar-refractivity contribution in [3.63, 3.8) is 0 Å². The lowest BCUT2D eigenvalue weighted by Crippen LogP contribution is -2.08. The molecule has 0 heterocycles. The van der Waals surface area contributed by atoms with E-state index in [2.05, 4.69) is 21.2 Å². The van der Waals surface area contributed by atoms with Gasteiger partial charge in [0.15, 0.2) is 0 Å². The van der Waals surface area contributed by atoms with Crippen LogP contribution in [-0.2, 0) is 4.79 Å². The number of rotatable bonds is 4. The fraction of sp³-hybridized carbons (Fsp3) is 0.0625. The molecule has 0 bridgehead atoms. The normalized spacial score (nSPS) is 10.7. The van der Waals surface area contributed by atoms with Crippen molar-refractivity contribution < 1.29 is 9.53 Å². The summed E-state index contributed by atoms with van der Waals surface area (Å²) in [5, 5.41) is 3.60. The summed E-state index contributed by atoms with van der Waals surface area (Å²) < 4.78 is 5.97. The summed E-state index contributed by atoms with van der Waals surface area (Å²) in [6, 6.07) is 10.4. The van der Waals surface area contributed by atoms with Gasteiger partial charge in [-0.3, -0.25) is 4.79 Å². The number of nitrogens with one attached hydrogen (secondary N) is 1. The molecule has 2 aromatic rings. The second-order valence-corrected chi connectivity index (χ2v) is 6.04. The van der Waals surface area contributed by atoms with Gasteiger partial charge in [0.2, 0.25) is 5.91 Å². The van der Waals surface area contributed by atoms with E-state index in [1.54, 1.807) is 31.4 Å². The minimum atomic E-state index is -0.281. The van der Waals surface area contributed by atoms with Gasteiger partial charge in [-0.1, -0.05) is 29.3 Å². The van der Waals surface area contributed by atoms with E-state index in [1.165, 1.54) is 6.08 Å². The van der Waals surface area contributed by atoms with Crippen LogP contribution in [0.15, 0.2) is 46.9 Å². The first-order valence-corrected chi connectivity index (χ1v) is 7.82. The lowest BCUT2D eigenvalue weighted by molar-refractivity contribution is -0.111. The molecule has 22 heavy (non-hydrogen) atoms. The van der Waals surface area contributed by atoms with Crippen LogP contribution in [0.25, 0.3) is 6.08 Å². The van der Waals surface area contributed by atoms with Crippen LogP contribution in [0.4, 0.5) is 5.69 Å². The van der Waals surface area contributed by atoms with Crippen molar-refractivity contribution >= 4 is 56.8 Å². The summed E-state index contributed by atoms with van der Waals surface area (Å²) in [6.45, 7) is 0. The summed E-state index contributed by atoms with van der Waals surface area (Å²) in [6.07, 6.45) is 3.13. The van der Waals surface area contributed by atoms with Crippen molar-refractivity contribution in [3.05, 3.63) is 62.6 Å². The topological polar surface area (TPSA) is 38.3 Å². The Hall–Kier alpha value is -1.49. The van der Waals surface area contributed by atoms with Crippen LogP contribution in [0.3, 0.4) is 0 Å². The highest BCUT2D eigenvalue weighted by Gasteiger charge is 2.04. The Kier molecular flexibility index (Phi) is 5.89. The smallest absolute Gasteiger partial charge is 0.248 e. The standard InChI is InChI=1S/C16H12BrCl2NO2/c1-22-15-6-2-10(8-12(15)17)3-7-16(21)20-14-5-4-11(18)9-13(14)19/h2-9H,1H3,(H,20,21). The van der Waals surface area contributed by atoms with E-state index in [0.29, 0.717) is 15.7 Å². The van der Waals surface area contributed by atoms with Crippen molar-refractivity contribution in [2.24, 2.45) is 0 Å². The van der Waals surface area contributed by atoms with Gasteiger partial charge in [-0.25, -0.2) is 0 Å². The molecule has 0 radical (unpaired) electrons. The third-order valence-electron chi connectivity index (χ3n) is 2.79. The zero-order valence-corrected chi connectivity index (χ0v) is 14.7. The molecule has 0 saturated carbocycles. The first-order chi connectivity index (χ1) is 10.5. The summed E-state index contributed by atoms with van der Waals surface area (Å²) in [5.41, 5.74) is 1.38. The SMILES string of the molecule is COc1ccc(C=CC(=O)Nc2ccc(Cl)cc2Cl)cc1Br. The number of halogens is 3. The highest BCUT2D eigenvalue weighted by molar-refractivity contribution is 9.10. The minimum Gasteiger partial charge on any atom is -0.496 e. The van der Waals surface area contributed by atoms with E-state index in [0.717, 1.165) is 15.8 Å². The van der Waals surface area contributed by atoms with Crippen molar-refractivity contribution in [2.75, 3.05) is 12.4 Å². The molecule has 2 aromatic carbocycles. The molecule has 0 aliphatic heterocycles. The second kappa shape index (κ2) is 7.68. The molecule has 0 fully saturated rings. The van der Waals surface area contributed by atoms with E-state index in [4.69, 9.17) is 27.9 Å². The van der Waals surface area contributed by atoms with Crippen LogP contribution >= 0.6 is 39.1 Å². The van der Waals surface area contributed by atoms with Crippen LogP contribution in [0, 0.1) is 0 Å². The predicted octanol–water partition coefficient (Wildman–Crippen LogP) is 5.42. The largest absolute Gasteiger partial charge is 0.496 e. The third kappa shape index (κ3) is 4.50. The number of carbonyl (C=O) groups is 1. The van der Waals surface area contributed by atoms with Gasteiger partial charge in [0, 0.05) is 11.1 Å². The average Bonchev–Trinajstić information content (AvgIpc) is 2.48. The summed E-state index contributed by atoms with van der Waals surface area (Å²) in [5.74, 6) is 0.450. The molecule has 6 heteroatoms. The molecule has 3 nitrogen and oxygen atoms in total. The van der Waals surface area contributed by atoms with Gasteiger partial charge in [0.1, 0.15) is 5.75 Å². The van der Waals surface area contributed by atoms with Gasteiger partial charge in [-0.2, -0.15) is 0 Å². The first kappa shape index (κ1) is 16.9. The van der Waals surface area contributed by atoms with Crippen molar-refractivity contribution in [2.45, 2.75) is 0 Å². The minimum absolute atomic E-state index is 0.281. The zero-order chi connectivity index (χ0) is 16.1. The summed E-state index contributed by atoms with van der Waals surface area (Å²) in [4.78, 5) is 11.9. The molecule has 2 rings (SSSR count). The maximum atomic E-state index is 11.9. The van der Waals surface area contributed by atoms with E-state index in [9.17, 15) is 4.79 Å². The molecule has 0 aromatic heterocycles. The number of hydrogen-bond acceptors (Lipinski definition) is 2. The average molecular weight is 401 g/mol. The monoisotopic (exact) mass is 399 g/mol. The maximum absolute atomic E-state index is 11.9. The van der Waals surface area contributed by atoms with Crippen molar-refractivity contribution in [1.82, 2.24) is 0 Å². The van der Waals surface area contributed by atoms with Gasteiger partial charge in [0.05, 0.1) is 22.3 Å². The number of ether oxygens (including phenoxy) is 1. The molecule has 0 saturated heterocycles. The Morgan fingerprint density at radius 1 is 1.23 bits per heavy atom. The molecule has 114 valence electrons. The second-order valence-electron chi connectivity index (χ2n) is 4.34. The van der Waals surface area contributed by atoms with Gasteiger partial charge in [-0.05, 0) is 57.9 Å². The quantitative estimate of drug-likeness (QED) is 0.696. The number of hydrogen-bond donors (Lipinski definition) is 1. The summed E-state index contributed by atoms with van der Waals surface area (Å²) in [7, 11) is 1.60. The van der Waals surface area contributed by atoms with Gasteiger partial charge in [0.25, 0.3) is 0 Å². The van der Waals surface area contributed by atoms with E-state index in [1.807, 2.05) is 18.2 Å².